The predicted molar refractivity (Wildman–Crippen MR) is 259 cm³/mol. The molecule has 0 amide bonds. The van der Waals surface area contributed by atoms with Crippen molar-refractivity contribution in [2.45, 2.75) is 32.7 Å². The van der Waals surface area contributed by atoms with E-state index in [1.165, 1.54) is 82.6 Å². The van der Waals surface area contributed by atoms with Crippen LogP contribution in [0.4, 0.5) is 0 Å². The molecule has 4 nitrogen and oxygen atoms in total. The van der Waals surface area contributed by atoms with Gasteiger partial charge in [-0.25, -0.2) is 4.99 Å². The van der Waals surface area contributed by atoms with Crippen LogP contribution in [0, 0.1) is 12.3 Å². The van der Waals surface area contributed by atoms with E-state index >= 15 is 0 Å². The molecule has 296 valence electrons. The summed E-state index contributed by atoms with van der Waals surface area (Å²) in [5, 5.41) is 15.2. The van der Waals surface area contributed by atoms with Gasteiger partial charge in [-0.05, 0) is 116 Å². The second-order valence-corrected chi connectivity index (χ2v) is 16.2. The first-order valence-electron chi connectivity index (χ1n) is 20.7. The lowest BCUT2D eigenvalue weighted by molar-refractivity contribution is 0.660. The summed E-state index contributed by atoms with van der Waals surface area (Å²) >= 11 is 0. The third-order valence-corrected chi connectivity index (χ3v) is 12.0. The molecule has 9 aromatic carbocycles. The number of furan rings is 1. The minimum absolute atomic E-state index is 0.0221. The highest BCUT2D eigenvalue weighted by atomic mass is 16.3. The third-order valence-electron chi connectivity index (χ3n) is 12.0. The van der Waals surface area contributed by atoms with Crippen molar-refractivity contribution in [2.75, 3.05) is 0 Å². The second kappa shape index (κ2) is 16.3. The first-order valence-corrected chi connectivity index (χ1v) is 20.7. The number of nitrogens with one attached hydrogen (secondary N) is 1. The van der Waals surface area contributed by atoms with Crippen LogP contribution in [-0.4, -0.2) is 12.6 Å². The van der Waals surface area contributed by atoms with Crippen molar-refractivity contribution in [3.8, 4) is 33.4 Å². The number of nitrogens with two attached hydrogens (primary N) is 1. The first-order chi connectivity index (χ1) is 29.7. The molecule has 0 unspecified atom stereocenters. The van der Waals surface area contributed by atoms with Crippen molar-refractivity contribution in [1.82, 2.24) is 0 Å². The van der Waals surface area contributed by atoms with Crippen molar-refractivity contribution < 1.29 is 4.42 Å². The highest BCUT2D eigenvalue weighted by molar-refractivity contribution is 6.16. The maximum atomic E-state index is 7.79. The van der Waals surface area contributed by atoms with Crippen molar-refractivity contribution in [3.05, 3.63) is 216 Å². The van der Waals surface area contributed by atoms with Crippen LogP contribution in [0.25, 0.3) is 76.9 Å². The average Bonchev–Trinajstić information content (AvgIpc) is 3.80. The van der Waals surface area contributed by atoms with Gasteiger partial charge in [0.15, 0.2) is 5.84 Å². The molecule has 1 aliphatic rings. The number of aliphatic imine (C=N–C) groups is 1. The van der Waals surface area contributed by atoms with E-state index in [9.17, 15) is 0 Å². The molecule has 1 aromatic heterocycles. The summed E-state index contributed by atoms with van der Waals surface area (Å²) in [7, 11) is 0. The summed E-state index contributed by atoms with van der Waals surface area (Å²) in [6, 6.07) is 65.9. The summed E-state index contributed by atoms with van der Waals surface area (Å²) in [4.78, 5) is 3.71. The number of hydrogen-bond donors (Lipinski definition) is 2. The SMILES string of the molecule is C=NC(=N)c1ccc2c(c1)-c1ccccc1C2(C)C.Cc1cccc(-c2cccc3oc4ccc(-c5cc6ccccc6c6ccccc56)cc4c23)c1.NCc1ccccc1. The lowest BCUT2D eigenvalue weighted by Gasteiger charge is -2.21. The van der Waals surface area contributed by atoms with Gasteiger partial charge in [0.05, 0.1) is 0 Å². The molecule has 3 N–H and O–H groups in total. The Hall–Kier alpha value is -7.40. The quantitative estimate of drug-likeness (QED) is 0.106. The van der Waals surface area contributed by atoms with E-state index in [0.717, 1.165) is 22.1 Å². The molecule has 0 aliphatic heterocycles. The van der Waals surface area contributed by atoms with Crippen molar-refractivity contribution >= 4 is 56.0 Å². The Labute approximate surface area is 357 Å². The van der Waals surface area contributed by atoms with E-state index in [4.69, 9.17) is 15.6 Å². The Balaban J connectivity index is 0.000000147. The van der Waals surface area contributed by atoms with Gasteiger partial charge >= 0.3 is 0 Å². The van der Waals surface area contributed by atoms with Gasteiger partial charge in [0.25, 0.3) is 0 Å². The molecular formula is C57H47N3O. The number of amidine groups is 1. The zero-order valence-corrected chi connectivity index (χ0v) is 34.7. The normalized spacial score (nSPS) is 12.3. The standard InChI is InChI=1S/C33H22O.C17H16N2.C7H9N/c1-21-8-6-10-22(18-21)26-14-7-15-32-33(26)30-20-24(16-17-31(30)34-32)29-19-23-9-2-3-11-25(23)27-12-4-5-13-28(27)29;1-17(2)14-7-5-4-6-12(14)13-10-11(16(18)19-3)8-9-15(13)17;8-6-7-4-2-1-3-5-7/h2-20H,1H3;4-10,18H,3H2,1-2H3;1-5H,6,8H2. The number of benzene rings is 9. The zero-order valence-electron chi connectivity index (χ0n) is 34.7. The summed E-state index contributed by atoms with van der Waals surface area (Å²) in [5.74, 6) is 0.227. The molecule has 61 heavy (non-hydrogen) atoms. The van der Waals surface area contributed by atoms with Gasteiger partial charge in [0, 0.05) is 28.3 Å². The Morgan fingerprint density at radius 3 is 2.00 bits per heavy atom. The fraction of sp³-hybridized carbons (Fsp3) is 0.0877. The van der Waals surface area contributed by atoms with Crippen LogP contribution in [-0.2, 0) is 12.0 Å². The molecule has 0 spiro atoms. The molecule has 1 aliphatic carbocycles. The van der Waals surface area contributed by atoms with Gasteiger partial charge < -0.3 is 10.2 Å². The fourth-order valence-electron chi connectivity index (χ4n) is 8.91. The zero-order chi connectivity index (χ0) is 42.1. The topological polar surface area (TPSA) is 75.4 Å². The Morgan fingerprint density at radius 2 is 1.23 bits per heavy atom. The predicted octanol–water partition coefficient (Wildman–Crippen LogP) is 14.7. The van der Waals surface area contributed by atoms with Gasteiger partial charge in [0.2, 0.25) is 0 Å². The molecule has 0 bridgehead atoms. The lowest BCUT2D eigenvalue weighted by atomic mass is 9.82. The van der Waals surface area contributed by atoms with Crippen molar-refractivity contribution in [2.24, 2.45) is 10.7 Å². The molecule has 11 rings (SSSR count). The largest absolute Gasteiger partial charge is 0.456 e. The highest BCUT2D eigenvalue weighted by Crippen LogP contribution is 2.48. The van der Waals surface area contributed by atoms with Gasteiger partial charge in [-0.15, -0.1) is 0 Å². The minimum Gasteiger partial charge on any atom is -0.456 e. The van der Waals surface area contributed by atoms with Crippen LogP contribution >= 0.6 is 0 Å². The van der Waals surface area contributed by atoms with Crippen LogP contribution < -0.4 is 5.73 Å². The van der Waals surface area contributed by atoms with Gasteiger partial charge in [-0.1, -0.05) is 177 Å². The maximum absolute atomic E-state index is 7.79. The van der Waals surface area contributed by atoms with E-state index in [-0.39, 0.29) is 11.3 Å². The maximum Gasteiger partial charge on any atom is 0.151 e. The van der Waals surface area contributed by atoms with Crippen LogP contribution in [0.2, 0.25) is 0 Å². The van der Waals surface area contributed by atoms with E-state index < -0.39 is 0 Å². The lowest BCUT2D eigenvalue weighted by Crippen LogP contribution is -2.14. The summed E-state index contributed by atoms with van der Waals surface area (Å²) in [5.41, 5.74) is 20.5. The molecule has 0 fully saturated rings. The number of hydrogen-bond acceptors (Lipinski definition) is 3. The van der Waals surface area contributed by atoms with Gasteiger partial charge in [-0.3, -0.25) is 5.41 Å². The number of aryl methyl sites for hydroxylation is 1. The molecule has 10 aromatic rings. The van der Waals surface area contributed by atoms with E-state index in [2.05, 4.69) is 184 Å². The summed E-state index contributed by atoms with van der Waals surface area (Å²) in [6.45, 7) is 10.7. The van der Waals surface area contributed by atoms with E-state index in [1.54, 1.807) is 0 Å². The van der Waals surface area contributed by atoms with Crippen LogP contribution in [0.15, 0.2) is 197 Å². The molecule has 0 saturated carbocycles. The number of fused-ring (bicyclic) bond motifs is 9. The monoisotopic (exact) mass is 789 g/mol. The molecule has 0 saturated heterocycles. The fourth-order valence-corrected chi connectivity index (χ4v) is 8.91. The summed E-state index contributed by atoms with van der Waals surface area (Å²) < 4.78 is 6.29. The Bertz CT molecular complexity index is 3260. The van der Waals surface area contributed by atoms with Crippen LogP contribution in [0.3, 0.4) is 0 Å². The minimum atomic E-state index is 0.0221. The highest BCUT2D eigenvalue weighted by Gasteiger charge is 2.35. The molecule has 4 heteroatoms. The van der Waals surface area contributed by atoms with Crippen molar-refractivity contribution in [3.63, 3.8) is 0 Å². The Morgan fingerprint density at radius 1 is 0.557 bits per heavy atom. The average molecular weight is 790 g/mol. The number of rotatable bonds is 4. The molecular weight excluding hydrogens is 743 g/mol. The summed E-state index contributed by atoms with van der Waals surface area (Å²) in [6.07, 6.45) is 0. The van der Waals surface area contributed by atoms with Gasteiger partial charge in [-0.2, -0.15) is 0 Å². The molecule has 0 radical (unpaired) electrons. The van der Waals surface area contributed by atoms with Crippen LogP contribution in [0.1, 0.15) is 41.7 Å². The van der Waals surface area contributed by atoms with Crippen LogP contribution in [0.5, 0.6) is 0 Å². The first kappa shape index (κ1) is 39.1. The van der Waals surface area contributed by atoms with Crippen molar-refractivity contribution in [1.29, 1.82) is 5.41 Å². The smallest absolute Gasteiger partial charge is 0.151 e. The molecule has 1 heterocycles. The molecule has 0 atom stereocenters. The third kappa shape index (κ3) is 7.32. The number of nitrogens with zero attached hydrogens (tertiary/aromatic N) is 1. The van der Waals surface area contributed by atoms with E-state index in [0.29, 0.717) is 6.54 Å². The Kier molecular flexibility index (Phi) is 10.5. The van der Waals surface area contributed by atoms with E-state index in [1.807, 2.05) is 36.4 Å². The van der Waals surface area contributed by atoms with Gasteiger partial charge in [0.1, 0.15) is 11.2 Å². The second-order valence-electron chi connectivity index (χ2n) is 16.2.